The number of methoxy groups -OCH3 is 2. The van der Waals surface area contributed by atoms with Gasteiger partial charge in [0.05, 0.1) is 25.8 Å². The fourth-order valence-electron chi connectivity index (χ4n) is 4.15. The van der Waals surface area contributed by atoms with E-state index in [0.29, 0.717) is 34.1 Å². The lowest BCUT2D eigenvalue weighted by Gasteiger charge is -2.25. The number of Topliss-reactive ketones (excluding diaryl/α,β-unsaturated/α-hetero) is 1. The van der Waals surface area contributed by atoms with Gasteiger partial charge in [-0.05, 0) is 53.9 Å². The van der Waals surface area contributed by atoms with Crippen LogP contribution >= 0.6 is 27.5 Å². The van der Waals surface area contributed by atoms with Gasteiger partial charge in [0.2, 0.25) is 0 Å². The van der Waals surface area contributed by atoms with E-state index in [0.717, 1.165) is 10.0 Å². The Morgan fingerprint density at radius 3 is 2.26 bits per heavy atom. The number of nitrogens with zero attached hydrogens (tertiary/aromatic N) is 1. The highest BCUT2D eigenvalue weighted by molar-refractivity contribution is 9.10. The van der Waals surface area contributed by atoms with Gasteiger partial charge >= 0.3 is 0 Å². The predicted molar refractivity (Wildman–Crippen MR) is 138 cm³/mol. The quantitative estimate of drug-likeness (QED) is 0.227. The van der Waals surface area contributed by atoms with Gasteiger partial charge in [-0.3, -0.25) is 9.59 Å². The maximum absolute atomic E-state index is 13.2. The van der Waals surface area contributed by atoms with Gasteiger partial charge < -0.3 is 19.5 Å². The summed E-state index contributed by atoms with van der Waals surface area (Å²) in [6, 6.07) is 18.6. The lowest BCUT2D eigenvalue weighted by atomic mass is 9.95. The molecule has 4 rings (SSSR count). The second-order valence-corrected chi connectivity index (χ2v) is 9.34. The van der Waals surface area contributed by atoms with Crippen LogP contribution < -0.4 is 9.47 Å². The second-order valence-electron chi connectivity index (χ2n) is 7.99. The third kappa shape index (κ3) is 5.06. The molecular formula is C27H23BrClNO5. The summed E-state index contributed by atoms with van der Waals surface area (Å²) in [5.74, 6) is -0.421. The predicted octanol–water partition coefficient (Wildman–Crippen LogP) is 5.78. The Morgan fingerprint density at radius 1 is 0.971 bits per heavy atom. The molecule has 0 aromatic heterocycles. The number of aliphatic hydroxyl groups excluding tert-OH is 1. The topological polar surface area (TPSA) is 76.1 Å². The van der Waals surface area contributed by atoms with Gasteiger partial charge in [-0.2, -0.15) is 0 Å². The third-order valence-electron chi connectivity index (χ3n) is 5.93. The number of hydrogen-bond acceptors (Lipinski definition) is 5. The zero-order valence-corrected chi connectivity index (χ0v) is 21.5. The van der Waals surface area contributed by atoms with Crippen LogP contribution in [-0.2, 0) is 16.0 Å². The molecule has 1 N–H and O–H groups in total. The standard InChI is InChI=1S/C27H23BrClNO5/c1-34-21-12-3-16(15-22(21)35-2)13-14-30-24(17-6-10-20(29)11-7-17)23(26(32)27(30)33)25(31)18-4-8-19(28)9-5-18/h3-12,15,24,31H,13-14H2,1-2H3/t24-/m0/s1. The molecular weight excluding hydrogens is 534 g/mol. The Labute approximate surface area is 216 Å². The van der Waals surface area contributed by atoms with Crippen LogP contribution in [0.4, 0.5) is 0 Å². The number of rotatable bonds is 7. The smallest absolute Gasteiger partial charge is 0.295 e. The van der Waals surface area contributed by atoms with Gasteiger partial charge in [-0.1, -0.05) is 57.9 Å². The molecule has 3 aromatic rings. The summed E-state index contributed by atoms with van der Waals surface area (Å²) in [7, 11) is 3.12. The number of benzene rings is 3. The number of carbonyl (C=O) groups is 2. The van der Waals surface area contributed by atoms with E-state index in [9.17, 15) is 14.7 Å². The van der Waals surface area contributed by atoms with Crippen molar-refractivity contribution in [3.8, 4) is 11.5 Å². The summed E-state index contributed by atoms with van der Waals surface area (Å²) < 4.78 is 11.5. The number of likely N-dealkylation sites (tertiary alicyclic amines) is 1. The summed E-state index contributed by atoms with van der Waals surface area (Å²) in [6.07, 6.45) is 0.468. The van der Waals surface area contributed by atoms with Crippen molar-refractivity contribution >= 4 is 45.0 Å². The highest BCUT2D eigenvalue weighted by Gasteiger charge is 2.45. The van der Waals surface area contributed by atoms with Crippen LogP contribution in [0, 0.1) is 0 Å². The van der Waals surface area contributed by atoms with Gasteiger partial charge in [0.25, 0.3) is 11.7 Å². The van der Waals surface area contributed by atoms with Crippen molar-refractivity contribution in [2.75, 3.05) is 20.8 Å². The minimum atomic E-state index is -0.754. The van der Waals surface area contributed by atoms with Crippen LogP contribution in [-0.4, -0.2) is 42.5 Å². The van der Waals surface area contributed by atoms with E-state index < -0.39 is 17.7 Å². The van der Waals surface area contributed by atoms with E-state index in [1.807, 2.05) is 12.1 Å². The maximum atomic E-state index is 13.2. The number of ketones is 1. The molecule has 1 aliphatic rings. The van der Waals surface area contributed by atoms with Crippen molar-refractivity contribution in [2.45, 2.75) is 12.5 Å². The number of hydrogen-bond donors (Lipinski definition) is 1. The zero-order valence-electron chi connectivity index (χ0n) is 19.1. The molecule has 1 heterocycles. The van der Waals surface area contributed by atoms with Crippen molar-refractivity contribution in [3.63, 3.8) is 0 Å². The van der Waals surface area contributed by atoms with E-state index in [4.69, 9.17) is 21.1 Å². The van der Waals surface area contributed by atoms with Crippen molar-refractivity contribution in [1.82, 2.24) is 4.90 Å². The maximum Gasteiger partial charge on any atom is 0.295 e. The molecule has 180 valence electrons. The number of carbonyl (C=O) groups excluding carboxylic acids is 2. The first-order chi connectivity index (χ1) is 16.8. The molecule has 0 radical (unpaired) electrons. The molecule has 1 atom stereocenters. The lowest BCUT2D eigenvalue weighted by molar-refractivity contribution is -0.139. The van der Waals surface area contributed by atoms with Gasteiger partial charge in [0.15, 0.2) is 11.5 Å². The highest BCUT2D eigenvalue weighted by atomic mass is 79.9. The fourth-order valence-corrected chi connectivity index (χ4v) is 4.54. The van der Waals surface area contributed by atoms with E-state index >= 15 is 0 Å². The van der Waals surface area contributed by atoms with Crippen LogP contribution in [0.2, 0.25) is 5.02 Å². The lowest BCUT2D eigenvalue weighted by Crippen LogP contribution is -2.31. The first-order valence-corrected chi connectivity index (χ1v) is 12.0. The highest BCUT2D eigenvalue weighted by Crippen LogP contribution is 2.40. The average molecular weight is 557 g/mol. The molecule has 0 bridgehead atoms. The number of aliphatic hydroxyl groups is 1. The van der Waals surface area contributed by atoms with E-state index in [-0.39, 0.29) is 17.9 Å². The largest absolute Gasteiger partial charge is 0.507 e. The Kier molecular flexibility index (Phi) is 7.48. The van der Waals surface area contributed by atoms with Crippen LogP contribution in [0.5, 0.6) is 11.5 Å². The SMILES string of the molecule is COc1ccc(CCN2C(=O)C(=O)C(=C(O)c3ccc(Br)cc3)[C@@H]2c2ccc(Cl)cc2)cc1OC. The molecule has 0 saturated carbocycles. The first kappa shape index (κ1) is 24.8. The fraction of sp³-hybridized carbons (Fsp3) is 0.185. The molecule has 1 fully saturated rings. The summed E-state index contributed by atoms with van der Waals surface area (Å²) in [4.78, 5) is 27.8. The average Bonchev–Trinajstić information content (AvgIpc) is 3.12. The van der Waals surface area contributed by atoms with Crippen molar-refractivity contribution in [2.24, 2.45) is 0 Å². The Balaban J connectivity index is 1.73. The number of ether oxygens (including phenoxy) is 2. The molecule has 1 amide bonds. The minimum absolute atomic E-state index is 0.0481. The molecule has 3 aromatic carbocycles. The number of halogens is 2. The molecule has 8 heteroatoms. The first-order valence-electron chi connectivity index (χ1n) is 10.8. The van der Waals surface area contributed by atoms with Gasteiger partial charge in [0, 0.05) is 21.6 Å². The zero-order chi connectivity index (χ0) is 25.1. The molecule has 1 saturated heterocycles. The Bertz CT molecular complexity index is 1290. The van der Waals surface area contributed by atoms with Crippen LogP contribution in [0.15, 0.2) is 76.8 Å². The number of amides is 1. The third-order valence-corrected chi connectivity index (χ3v) is 6.71. The second kappa shape index (κ2) is 10.5. The molecule has 0 aliphatic carbocycles. The van der Waals surface area contributed by atoms with Crippen molar-refractivity contribution < 1.29 is 24.2 Å². The molecule has 0 spiro atoms. The molecule has 0 unspecified atom stereocenters. The minimum Gasteiger partial charge on any atom is -0.507 e. The summed E-state index contributed by atoms with van der Waals surface area (Å²) in [5, 5.41) is 11.7. The van der Waals surface area contributed by atoms with E-state index in [1.165, 1.54) is 4.90 Å². The van der Waals surface area contributed by atoms with Crippen molar-refractivity contribution in [3.05, 3.63) is 98.5 Å². The molecule has 1 aliphatic heterocycles. The van der Waals surface area contributed by atoms with Crippen LogP contribution in [0.3, 0.4) is 0 Å². The molecule has 6 nitrogen and oxygen atoms in total. The van der Waals surface area contributed by atoms with E-state index in [2.05, 4.69) is 15.9 Å². The monoisotopic (exact) mass is 555 g/mol. The van der Waals surface area contributed by atoms with Crippen LogP contribution in [0.25, 0.3) is 5.76 Å². The van der Waals surface area contributed by atoms with Crippen molar-refractivity contribution in [1.29, 1.82) is 0 Å². The normalized spacial score (nSPS) is 17.0. The molecule has 35 heavy (non-hydrogen) atoms. The Hall–Kier alpha value is -3.29. The summed E-state index contributed by atoms with van der Waals surface area (Å²) in [5.41, 5.74) is 2.09. The van der Waals surface area contributed by atoms with Gasteiger partial charge in [0.1, 0.15) is 5.76 Å². The van der Waals surface area contributed by atoms with E-state index in [1.54, 1.807) is 68.8 Å². The summed E-state index contributed by atoms with van der Waals surface area (Å²) >= 11 is 9.45. The van der Waals surface area contributed by atoms with Gasteiger partial charge in [-0.15, -0.1) is 0 Å². The summed E-state index contributed by atoms with van der Waals surface area (Å²) in [6.45, 7) is 0.254. The van der Waals surface area contributed by atoms with Gasteiger partial charge in [-0.25, -0.2) is 0 Å². The van der Waals surface area contributed by atoms with Crippen LogP contribution in [0.1, 0.15) is 22.7 Å². The Morgan fingerprint density at radius 2 is 1.63 bits per heavy atom.